The molecule has 3 aliphatic rings. The molecule has 16 heavy (non-hydrogen) atoms. The van der Waals surface area contributed by atoms with Crippen LogP contribution in [0.15, 0.2) is 0 Å². The summed E-state index contributed by atoms with van der Waals surface area (Å²) in [5, 5.41) is 9.29. The highest BCUT2D eigenvalue weighted by atomic mass is 16.3. The van der Waals surface area contributed by atoms with Crippen LogP contribution in [0.3, 0.4) is 0 Å². The lowest BCUT2D eigenvalue weighted by Crippen LogP contribution is -2.72. The molecule has 1 saturated carbocycles. The summed E-state index contributed by atoms with van der Waals surface area (Å²) in [5.41, 5.74) is 1.00. The first-order chi connectivity index (χ1) is 7.38. The van der Waals surface area contributed by atoms with Crippen molar-refractivity contribution < 1.29 is 5.11 Å². The van der Waals surface area contributed by atoms with Crippen molar-refractivity contribution >= 4 is 0 Å². The van der Waals surface area contributed by atoms with E-state index < -0.39 is 0 Å². The van der Waals surface area contributed by atoms with Gasteiger partial charge in [0.05, 0.1) is 6.10 Å². The van der Waals surface area contributed by atoms with Gasteiger partial charge in [0.25, 0.3) is 0 Å². The summed E-state index contributed by atoms with van der Waals surface area (Å²) in [5.74, 6) is 0. The molecule has 3 rings (SSSR count). The molecule has 0 bridgehead atoms. The van der Waals surface area contributed by atoms with E-state index in [1.165, 1.54) is 25.9 Å². The average molecular weight is 224 g/mol. The van der Waals surface area contributed by atoms with Crippen molar-refractivity contribution in [1.82, 2.24) is 9.80 Å². The summed E-state index contributed by atoms with van der Waals surface area (Å²) >= 11 is 0. The molecule has 3 fully saturated rings. The second-order valence-corrected chi connectivity index (χ2v) is 7.20. The van der Waals surface area contributed by atoms with Crippen LogP contribution in [0.4, 0.5) is 0 Å². The smallest absolute Gasteiger partial charge is 0.0794 e. The Labute approximate surface area is 98.4 Å². The minimum atomic E-state index is -0.0379. The molecule has 1 N–H and O–H groups in total. The molecule has 0 radical (unpaired) electrons. The molecular formula is C13H24N2O. The molecule has 3 heteroatoms. The highest BCUT2D eigenvalue weighted by molar-refractivity contribution is 5.10. The van der Waals surface area contributed by atoms with Crippen molar-refractivity contribution in [2.45, 2.75) is 51.3 Å². The van der Waals surface area contributed by atoms with Crippen LogP contribution < -0.4 is 0 Å². The number of rotatable bonds is 1. The van der Waals surface area contributed by atoms with Crippen LogP contribution in [0.1, 0.15) is 33.6 Å². The number of likely N-dealkylation sites (tertiary alicyclic amines) is 2. The Kier molecular flexibility index (Phi) is 2.21. The van der Waals surface area contributed by atoms with Gasteiger partial charge in [-0.05, 0) is 39.0 Å². The average Bonchev–Trinajstić information content (AvgIpc) is 1.92. The van der Waals surface area contributed by atoms with Crippen LogP contribution in [0.5, 0.6) is 0 Å². The highest BCUT2D eigenvalue weighted by Gasteiger charge is 2.56. The highest BCUT2D eigenvalue weighted by Crippen LogP contribution is 2.52. The van der Waals surface area contributed by atoms with Crippen LogP contribution in [0, 0.1) is 5.41 Å². The van der Waals surface area contributed by atoms with Gasteiger partial charge in [0.15, 0.2) is 0 Å². The summed E-state index contributed by atoms with van der Waals surface area (Å²) < 4.78 is 0. The Hall–Kier alpha value is -0.120. The molecule has 0 amide bonds. The van der Waals surface area contributed by atoms with Gasteiger partial charge >= 0.3 is 0 Å². The molecule has 1 spiro atoms. The molecule has 0 atom stereocenters. The first-order valence-corrected chi connectivity index (χ1v) is 6.55. The van der Waals surface area contributed by atoms with Gasteiger partial charge in [0, 0.05) is 37.8 Å². The standard InChI is InChI=1S/C13H24N2O/c1-12(2,3)15-8-13(9-15)4-10(5-13)14-6-11(16)7-14/h10-11,16H,4-9H2,1-3H3. The predicted octanol–water partition coefficient (Wildman–Crippen LogP) is 0.926. The minimum absolute atomic E-state index is 0.0379. The third-order valence-electron chi connectivity index (χ3n) is 4.75. The lowest BCUT2D eigenvalue weighted by Gasteiger charge is -2.65. The minimum Gasteiger partial charge on any atom is -0.390 e. The maximum atomic E-state index is 9.29. The molecule has 92 valence electrons. The van der Waals surface area contributed by atoms with Gasteiger partial charge in [0.2, 0.25) is 0 Å². The fourth-order valence-corrected chi connectivity index (χ4v) is 3.48. The Morgan fingerprint density at radius 1 is 1.12 bits per heavy atom. The molecule has 2 aliphatic heterocycles. The fourth-order valence-electron chi connectivity index (χ4n) is 3.48. The van der Waals surface area contributed by atoms with E-state index in [0.29, 0.717) is 11.0 Å². The van der Waals surface area contributed by atoms with Crippen molar-refractivity contribution in [3.63, 3.8) is 0 Å². The van der Waals surface area contributed by atoms with E-state index in [2.05, 4.69) is 30.6 Å². The normalized spacial score (nSPS) is 32.2. The molecule has 3 nitrogen and oxygen atoms in total. The molecular weight excluding hydrogens is 200 g/mol. The number of nitrogens with zero attached hydrogens (tertiary/aromatic N) is 2. The van der Waals surface area contributed by atoms with Gasteiger partial charge < -0.3 is 5.11 Å². The zero-order chi connectivity index (χ0) is 11.6. The van der Waals surface area contributed by atoms with Crippen molar-refractivity contribution in [3.8, 4) is 0 Å². The fraction of sp³-hybridized carbons (Fsp3) is 1.00. The molecule has 0 aromatic rings. The van der Waals surface area contributed by atoms with Gasteiger partial charge in [0.1, 0.15) is 0 Å². The van der Waals surface area contributed by atoms with E-state index in [9.17, 15) is 5.11 Å². The van der Waals surface area contributed by atoms with Gasteiger partial charge in [-0.3, -0.25) is 9.80 Å². The van der Waals surface area contributed by atoms with E-state index in [-0.39, 0.29) is 6.10 Å². The Bertz CT molecular complexity index is 277. The van der Waals surface area contributed by atoms with E-state index in [1.807, 2.05) is 0 Å². The Morgan fingerprint density at radius 2 is 1.69 bits per heavy atom. The third-order valence-corrected chi connectivity index (χ3v) is 4.75. The molecule has 1 aliphatic carbocycles. The number of aliphatic hydroxyl groups excluding tert-OH is 1. The predicted molar refractivity (Wildman–Crippen MR) is 64.4 cm³/mol. The topological polar surface area (TPSA) is 26.7 Å². The number of hydrogen-bond acceptors (Lipinski definition) is 3. The second kappa shape index (κ2) is 3.21. The van der Waals surface area contributed by atoms with Crippen LogP contribution in [-0.2, 0) is 0 Å². The van der Waals surface area contributed by atoms with Gasteiger partial charge in [-0.1, -0.05) is 0 Å². The van der Waals surface area contributed by atoms with Crippen LogP contribution in [0.25, 0.3) is 0 Å². The molecule has 0 aromatic carbocycles. The van der Waals surface area contributed by atoms with Crippen molar-refractivity contribution in [1.29, 1.82) is 0 Å². The van der Waals surface area contributed by atoms with Crippen molar-refractivity contribution in [3.05, 3.63) is 0 Å². The monoisotopic (exact) mass is 224 g/mol. The number of β-amino-alcohol motifs (C(OH)–C–C–N with tert-alkyl or cyclic N) is 1. The van der Waals surface area contributed by atoms with E-state index >= 15 is 0 Å². The number of hydrogen-bond donors (Lipinski definition) is 1. The molecule has 2 heterocycles. The summed E-state index contributed by atoms with van der Waals surface area (Å²) in [6.07, 6.45) is 2.70. The lowest BCUT2D eigenvalue weighted by molar-refractivity contribution is -0.161. The van der Waals surface area contributed by atoms with E-state index in [1.54, 1.807) is 0 Å². The van der Waals surface area contributed by atoms with Crippen molar-refractivity contribution in [2.75, 3.05) is 26.2 Å². The maximum absolute atomic E-state index is 9.29. The van der Waals surface area contributed by atoms with Gasteiger partial charge in [-0.25, -0.2) is 0 Å². The zero-order valence-electron chi connectivity index (χ0n) is 10.7. The Balaban J connectivity index is 1.45. The van der Waals surface area contributed by atoms with Gasteiger partial charge in [-0.2, -0.15) is 0 Å². The third kappa shape index (κ3) is 1.60. The summed E-state index contributed by atoms with van der Waals surface area (Å²) in [6, 6.07) is 0.783. The number of aliphatic hydroxyl groups is 1. The van der Waals surface area contributed by atoms with E-state index in [0.717, 1.165) is 19.1 Å². The molecule has 2 saturated heterocycles. The SMILES string of the molecule is CC(C)(C)N1CC2(CC(N3CC(O)C3)C2)C1. The van der Waals surface area contributed by atoms with Crippen LogP contribution >= 0.6 is 0 Å². The first-order valence-electron chi connectivity index (χ1n) is 6.55. The summed E-state index contributed by atoms with van der Waals surface area (Å²) in [6.45, 7) is 11.4. The molecule has 0 unspecified atom stereocenters. The largest absolute Gasteiger partial charge is 0.390 e. The van der Waals surface area contributed by atoms with Gasteiger partial charge in [-0.15, -0.1) is 0 Å². The quantitative estimate of drug-likeness (QED) is 0.717. The maximum Gasteiger partial charge on any atom is 0.0794 e. The summed E-state index contributed by atoms with van der Waals surface area (Å²) in [4.78, 5) is 5.05. The van der Waals surface area contributed by atoms with Crippen LogP contribution in [-0.4, -0.2) is 58.8 Å². The van der Waals surface area contributed by atoms with Crippen LogP contribution in [0.2, 0.25) is 0 Å². The zero-order valence-corrected chi connectivity index (χ0v) is 10.7. The first kappa shape index (κ1) is 11.0. The lowest BCUT2D eigenvalue weighted by atomic mass is 9.59. The second-order valence-electron chi connectivity index (χ2n) is 7.20. The summed E-state index contributed by atoms with van der Waals surface area (Å²) in [7, 11) is 0. The molecule has 0 aromatic heterocycles. The van der Waals surface area contributed by atoms with E-state index in [4.69, 9.17) is 0 Å². The van der Waals surface area contributed by atoms with Crippen molar-refractivity contribution in [2.24, 2.45) is 5.41 Å². The Morgan fingerprint density at radius 3 is 2.12 bits per heavy atom.